The lowest BCUT2D eigenvalue weighted by molar-refractivity contribution is -0.137. The van der Waals surface area contributed by atoms with Gasteiger partial charge in [-0.15, -0.1) is 0 Å². The fourth-order valence-corrected chi connectivity index (χ4v) is 2.47. The van der Waals surface area contributed by atoms with Crippen LogP contribution < -0.4 is 10.1 Å². The summed E-state index contributed by atoms with van der Waals surface area (Å²) in [6.07, 6.45) is 1.81. The van der Waals surface area contributed by atoms with Crippen LogP contribution in [0.3, 0.4) is 0 Å². The van der Waals surface area contributed by atoms with Crippen LogP contribution in [-0.2, 0) is 9.53 Å². The molecule has 0 spiro atoms. The molecule has 1 aromatic rings. The Bertz CT molecular complexity index is 527. The summed E-state index contributed by atoms with van der Waals surface area (Å²) in [5.74, 6) is 1.11. The highest BCUT2D eigenvalue weighted by Gasteiger charge is 2.33. The summed E-state index contributed by atoms with van der Waals surface area (Å²) < 4.78 is 11.3. The van der Waals surface area contributed by atoms with Crippen LogP contribution in [0.4, 0.5) is 5.69 Å². The van der Waals surface area contributed by atoms with Crippen molar-refractivity contribution in [3.63, 3.8) is 0 Å². The molecule has 1 aromatic carbocycles. The first-order valence-corrected chi connectivity index (χ1v) is 8.35. The number of carbonyl (C=O) groups excluding carboxylic acids is 1. The van der Waals surface area contributed by atoms with Gasteiger partial charge in [-0.2, -0.15) is 0 Å². The monoisotopic (exact) mass is 321 g/mol. The van der Waals surface area contributed by atoms with Crippen molar-refractivity contribution in [2.75, 3.05) is 12.4 Å². The van der Waals surface area contributed by atoms with Gasteiger partial charge < -0.3 is 14.8 Å². The molecule has 0 aliphatic carbocycles. The van der Waals surface area contributed by atoms with E-state index < -0.39 is 5.60 Å². The number of methoxy groups -OCH3 is 1. The van der Waals surface area contributed by atoms with Crippen molar-refractivity contribution in [2.45, 2.75) is 66.1 Å². The van der Waals surface area contributed by atoms with Gasteiger partial charge in [0.2, 0.25) is 0 Å². The van der Waals surface area contributed by atoms with Crippen molar-refractivity contribution in [2.24, 2.45) is 5.92 Å². The Balaban J connectivity index is 2.84. The van der Waals surface area contributed by atoms with Gasteiger partial charge in [-0.1, -0.05) is 20.8 Å². The van der Waals surface area contributed by atoms with Gasteiger partial charge in [0.15, 0.2) is 0 Å². The van der Waals surface area contributed by atoms with Crippen LogP contribution in [-0.4, -0.2) is 24.7 Å². The smallest absolute Gasteiger partial charge is 0.256 e. The average Bonchev–Trinajstić information content (AvgIpc) is 2.48. The number of aryl methyl sites for hydroxylation is 1. The summed E-state index contributed by atoms with van der Waals surface area (Å²) in [4.78, 5) is 12.6. The summed E-state index contributed by atoms with van der Waals surface area (Å²) in [6.45, 7) is 12.1. The molecule has 0 radical (unpaired) electrons. The second-order valence-corrected chi connectivity index (χ2v) is 6.80. The molecule has 1 rings (SSSR count). The lowest BCUT2D eigenvalue weighted by Gasteiger charge is -2.28. The second-order valence-electron chi connectivity index (χ2n) is 6.80. The van der Waals surface area contributed by atoms with Gasteiger partial charge in [0.25, 0.3) is 5.91 Å². The van der Waals surface area contributed by atoms with Crippen LogP contribution >= 0.6 is 0 Å². The highest BCUT2D eigenvalue weighted by atomic mass is 16.5. The molecule has 0 aromatic heterocycles. The van der Waals surface area contributed by atoms with E-state index in [1.807, 2.05) is 39.0 Å². The van der Waals surface area contributed by atoms with E-state index in [1.165, 1.54) is 0 Å². The molecular weight excluding hydrogens is 290 g/mol. The van der Waals surface area contributed by atoms with Gasteiger partial charge in [-0.05, 0) is 63.3 Å². The molecule has 0 unspecified atom stereocenters. The van der Waals surface area contributed by atoms with Gasteiger partial charge >= 0.3 is 0 Å². The third-order valence-corrected chi connectivity index (χ3v) is 4.06. The normalized spacial score (nSPS) is 15.1. The Morgan fingerprint density at radius 3 is 2.43 bits per heavy atom. The molecule has 130 valence electrons. The van der Waals surface area contributed by atoms with Crippen molar-refractivity contribution >= 4 is 11.6 Å². The summed E-state index contributed by atoms with van der Waals surface area (Å²) in [6, 6.07) is 5.71. The van der Waals surface area contributed by atoms with E-state index in [0.717, 1.165) is 23.4 Å². The number of benzene rings is 1. The number of amides is 1. The Morgan fingerprint density at radius 1 is 1.30 bits per heavy atom. The highest BCUT2D eigenvalue weighted by Crippen LogP contribution is 2.26. The lowest BCUT2D eigenvalue weighted by Crippen LogP contribution is -2.43. The average molecular weight is 321 g/mol. The van der Waals surface area contributed by atoms with Gasteiger partial charge in [-0.25, -0.2) is 0 Å². The maximum Gasteiger partial charge on any atom is 0.256 e. The van der Waals surface area contributed by atoms with Gasteiger partial charge in [-0.3, -0.25) is 4.79 Å². The van der Waals surface area contributed by atoms with Crippen molar-refractivity contribution in [1.82, 2.24) is 0 Å². The molecule has 1 amide bonds. The van der Waals surface area contributed by atoms with Crippen molar-refractivity contribution in [1.29, 1.82) is 0 Å². The molecule has 0 fully saturated rings. The van der Waals surface area contributed by atoms with Crippen LogP contribution in [0.5, 0.6) is 5.75 Å². The molecule has 4 heteroatoms. The highest BCUT2D eigenvalue weighted by molar-refractivity contribution is 5.97. The number of hydrogen-bond acceptors (Lipinski definition) is 3. The second kappa shape index (κ2) is 8.34. The topological polar surface area (TPSA) is 47.6 Å². The van der Waals surface area contributed by atoms with E-state index in [1.54, 1.807) is 7.11 Å². The van der Waals surface area contributed by atoms with Gasteiger partial charge in [0.1, 0.15) is 11.4 Å². The minimum atomic E-state index is -0.825. The van der Waals surface area contributed by atoms with Crippen molar-refractivity contribution in [3.05, 3.63) is 23.8 Å². The van der Waals surface area contributed by atoms with Crippen LogP contribution in [0.25, 0.3) is 0 Å². The van der Waals surface area contributed by atoms with Crippen molar-refractivity contribution < 1.29 is 14.3 Å². The molecule has 1 N–H and O–H groups in total. The number of nitrogens with one attached hydrogen (secondary N) is 1. The molecule has 0 bridgehead atoms. The minimum Gasteiger partial charge on any atom is -0.490 e. The SMILES string of the molecule is CC[C@@H](C)Oc1ccc(NC(=O)[C@@](C)(CC(C)C)OC)cc1C. The predicted octanol–water partition coefficient (Wildman–Crippen LogP) is 4.56. The quantitative estimate of drug-likeness (QED) is 0.763. The zero-order valence-electron chi connectivity index (χ0n) is 15.5. The maximum atomic E-state index is 12.6. The predicted molar refractivity (Wildman–Crippen MR) is 95.1 cm³/mol. The molecule has 0 aliphatic heterocycles. The molecule has 0 heterocycles. The summed E-state index contributed by atoms with van der Waals surface area (Å²) >= 11 is 0. The van der Waals surface area contributed by atoms with Crippen molar-refractivity contribution in [3.8, 4) is 5.75 Å². The number of ether oxygens (including phenoxy) is 2. The zero-order chi connectivity index (χ0) is 17.6. The molecular formula is C19H31NO3. The van der Waals surface area contributed by atoms with E-state index in [2.05, 4.69) is 26.1 Å². The lowest BCUT2D eigenvalue weighted by atomic mass is 9.93. The van der Waals surface area contributed by atoms with Crippen LogP contribution in [0, 0.1) is 12.8 Å². The first-order chi connectivity index (χ1) is 10.7. The minimum absolute atomic E-state index is 0.122. The van der Waals surface area contributed by atoms with E-state index in [9.17, 15) is 4.79 Å². The fourth-order valence-electron chi connectivity index (χ4n) is 2.47. The largest absolute Gasteiger partial charge is 0.490 e. The number of anilines is 1. The number of carbonyl (C=O) groups is 1. The van der Waals surface area contributed by atoms with E-state index >= 15 is 0 Å². The van der Waals surface area contributed by atoms with Crippen LogP contribution in [0.15, 0.2) is 18.2 Å². The third kappa shape index (κ3) is 5.54. The van der Waals surface area contributed by atoms with E-state index in [-0.39, 0.29) is 12.0 Å². The standard InChI is InChI=1S/C19H31NO3/c1-8-15(5)23-17-10-9-16(11-14(17)4)20-18(21)19(6,22-7)12-13(2)3/h9-11,13,15H,8,12H2,1-7H3,(H,20,21)/t15-,19-/m1/s1. The molecule has 0 aliphatic rings. The molecule has 0 saturated heterocycles. The fraction of sp³-hybridized carbons (Fsp3) is 0.632. The Kier molecular flexibility index (Phi) is 7.07. The summed E-state index contributed by atoms with van der Waals surface area (Å²) in [5, 5.41) is 2.95. The summed E-state index contributed by atoms with van der Waals surface area (Å²) in [7, 11) is 1.58. The zero-order valence-corrected chi connectivity index (χ0v) is 15.5. The third-order valence-electron chi connectivity index (χ3n) is 4.06. The first kappa shape index (κ1) is 19.5. The first-order valence-electron chi connectivity index (χ1n) is 8.35. The summed E-state index contributed by atoms with van der Waals surface area (Å²) in [5.41, 5.74) is 0.940. The molecule has 0 saturated carbocycles. The van der Waals surface area contributed by atoms with Gasteiger partial charge in [0, 0.05) is 12.8 Å². The maximum absolute atomic E-state index is 12.6. The Labute approximate surface area is 140 Å². The Hall–Kier alpha value is -1.55. The van der Waals surface area contributed by atoms with E-state index in [0.29, 0.717) is 12.3 Å². The van der Waals surface area contributed by atoms with E-state index in [4.69, 9.17) is 9.47 Å². The van der Waals surface area contributed by atoms with Crippen LogP contribution in [0.1, 0.15) is 53.0 Å². The Morgan fingerprint density at radius 2 is 1.96 bits per heavy atom. The van der Waals surface area contributed by atoms with Crippen LogP contribution in [0.2, 0.25) is 0 Å². The number of hydrogen-bond donors (Lipinski definition) is 1. The molecule has 4 nitrogen and oxygen atoms in total. The molecule has 2 atom stereocenters. The molecule has 23 heavy (non-hydrogen) atoms. The van der Waals surface area contributed by atoms with Gasteiger partial charge in [0.05, 0.1) is 6.10 Å². The number of rotatable bonds is 8.